The molecule has 0 saturated heterocycles. The summed E-state index contributed by atoms with van der Waals surface area (Å²) < 4.78 is 0. The molecule has 0 aliphatic heterocycles. The molecule has 0 atom stereocenters. The van der Waals surface area contributed by atoms with Crippen LogP contribution in [0.4, 0.5) is 0 Å². The van der Waals surface area contributed by atoms with E-state index in [1.807, 2.05) is 6.20 Å². The Hall–Kier alpha value is 0.292. The zero-order valence-electron chi connectivity index (χ0n) is 5.39. The SMILES string of the molecule is CC(C)c1cn[c-]s1.[Re]. The molecule has 0 saturated carbocycles. The van der Waals surface area contributed by atoms with Crippen molar-refractivity contribution in [2.24, 2.45) is 0 Å². The third-order valence-corrected chi connectivity index (χ3v) is 1.99. The van der Waals surface area contributed by atoms with Gasteiger partial charge in [-0.1, -0.05) is 19.8 Å². The largest absolute Gasteiger partial charge is 0.394 e. The van der Waals surface area contributed by atoms with E-state index < -0.39 is 0 Å². The summed E-state index contributed by atoms with van der Waals surface area (Å²) in [6.45, 7) is 4.31. The molecule has 1 radical (unpaired) electrons. The standard InChI is InChI=1S/C6H8NS.Re/c1-5(2)6-3-7-4-8-6;/h3,5H,1-2H3;/q-1;. The number of hydrogen-bond donors (Lipinski definition) is 0. The normalized spacial score (nSPS) is 9.22. The fourth-order valence-corrected chi connectivity index (χ4v) is 1.01. The minimum absolute atomic E-state index is 0. The Kier molecular flexibility index (Phi) is 4.30. The van der Waals surface area contributed by atoms with Crippen molar-refractivity contribution in [3.05, 3.63) is 16.6 Å². The first-order chi connectivity index (χ1) is 3.80. The first-order valence-electron chi connectivity index (χ1n) is 2.62. The van der Waals surface area contributed by atoms with Gasteiger partial charge in [-0.15, -0.1) is 11.1 Å². The molecule has 0 unspecified atom stereocenters. The molecule has 0 aliphatic rings. The van der Waals surface area contributed by atoms with Gasteiger partial charge in [0.05, 0.1) is 0 Å². The molecule has 0 bridgehead atoms. The maximum Gasteiger partial charge on any atom is 0 e. The smallest absolute Gasteiger partial charge is 0 e. The Labute approximate surface area is 73.2 Å². The summed E-state index contributed by atoms with van der Waals surface area (Å²) >= 11 is 1.59. The fraction of sp³-hybridized carbons (Fsp3) is 0.500. The van der Waals surface area contributed by atoms with Crippen molar-refractivity contribution in [3.63, 3.8) is 0 Å². The van der Waals surface area contributed by atoms with Crippen LogP contribution in [-0.2, 0) is 20.4 Å². The van der Waals surface area contributed by atoms with Crippen LogP contribution >= 0.6 is 11.3 Å². The molecule has 0 aromatic carbocycles. The monoisotopic (exact) mass is 313 g/mol. The number of nitrogens with zero attached hydrogens (tertiary/aromatic N) is 1. The van der Waals surface area contributed by atoms with E-state index in [0.29, 0.717) is 5.92 Å². The van der Waals surface area contributed by atoms with Crippen molar-refractivity contribution < 1.29 is 20.4 Å². The Morgan fingerprint density at radius 1 is 1.67 bits per heavy atom. The third kappa shape index (κ3) is 2.57. The van der Waals surface area contributed by atoms with Gasteiger partial charge in [0.1, 0.15) is 0 Å². The van der Waals surface area contributed by atoms with Crippen LogP contribution in [0.25, 0.3) is 0 Å². The van der Waals surface area contributed by atoms with Crippen LogP contribution in [0, 0.1) is 5.51 Å². The van der Waals surface area contributed by atoms with Crippen molar-refractivity contribution in [3.8, 4) is 0 Å². The molecule has 9 heavy (non-hydrogen) atoms. The Bertz CT molecular complexity index is 148. The second-order valence-electron chi connectivity index (χ2n) is 2.01. The molecule has 1 nitrogen and oxygen atoms in total. The Morgan fingerprint density at radius 3 is 2.56 bits per heavy atom. The number of thiazole rings is 1. The van der Waals surface area contributed by atoms with Gasteiger partial charge in [-0.05, 0) is 5.51 Å². The van der Waals surface area contributed by atoms with E-state index in [-0.39, 0.29) is 20.4 Å². The molecule has 0 spiro atoms. The Balaban J connectivity index is 0.000000640. The summed E-state index contributed by atoms with van der Waals surface area (Å²) in [6, 6.07) is 0. The van der Waals surface area contributed by atoms with Crippen LogP contribution in [0.3, 0.4) is 0 Å². The molecule has 1 aromatic heterocycles. The molecular weight excluding hydrogens is 304 g/mol. The van der Waals surface area contributed by atoms with Crippen LogP contribution in [-0.4, -0.2) is 4.98 Å². The third-order valence-electron chi connectivity index (χ3n) is 0.977. The summed E-state index contributed by atoms with van der Waals surface area (Å²) in [5.41, 5.74) is 2.80. The van der Waals surface area contributed by atoms with Crippen LogP contribution < -0.4 is 0 Å². The average molecular weight is 312 g/mol. The number of aromatic nitrogens is 1. The molecule has 1 heterocycles. The minimum Gasteiger partial charge on any atom is -0.394 e. The molecule has 0 amide bonds. The van der Waals surface area contributed by atoms with Crippen LogP contribution in [0.1, 0.15) is 24.6 Å². The zero-order chi connectivity index (χ0) is 5.98. The average Bonchev–Trinajstić information content (AvgIpc) is 2.12. The van der Waals surface area contributed by atoms with Crippen LogP contribution in [0.2, 0.25) is 0 Å². The van der Waals surface area contributed by atoms with Gasteiger partial charge in [0.25, 0.3) is 0 Å². The van der Waals surface area contributed by atoms with Crippen molar-refractivity contribution in [2.75, 3.05) is 0 Å². The topological polar surface area (TPSA) is 12.9 Å². The van der Waals surface area contributed by atoms with Gasteiger partial charge in [-0.2, -0.15) is 0 Å². The van der Waals surface area contributed by atoms with E-state index in [1.54, 1.807) is 11.3 Å². The summed E-state index contributed by atoms with van der Waals surface area (Å²) in [5, 5.41) is 0. The van der Waals surface area contributed by atoms with Gasteiger partial charge in [0, 0.05) is 20.4 Å². The molecule has 51 valence electrons. The summed E-state index contributed by atoms with van der Waals surface area (Å²) in [7, 11) is 0. The minimum atomic E-state index is 0. The number of hydrogen-bond acceptors (Lipinski definition) is 2. The second-order valence-corrected chi connectivity index (χ2v) is 2.87. The first kappa shape index (κ1) is 9.29. The summed E-state index contributed by atoms with van der Waals surface area (Å²) in [4.78, 5) is 5.15. The van der Waals surface area contributed by atoms with Gasteiger partial charge in [-0.3, -0.25) is 11.3 Å². The van der Waals surface area contributed by atoms with E-state index in [1.165, 1.54) is 4.88 Å². The molecule has 0 aliphatic carbocycles. The zero-order valence-corrected chi connectivity index (χ0v) is 8.92. The fourth-order valence-electron chi connectivity index (χ4n) is 0.462. The molecule has 1 aromatic rings. The summed E-state index contributed by atoms with van der Waals surface area (Å²) in [5.74, 6) is 0.610. The van der Waals surface area contributed by atoms with Gasteiger partial charge in [0.15, 0.2) is 0 Å². The van der Waals surface area contributed by atoms with Gasteiger partial charge in [0.2, 0.25) is 0 Å². The van der Waals surface area contributed by atoms with Gasteiger partial charge >= 0.3 is 0 Å². The van der Waals surface area contributed by atoms with Crippen LogP contribution in [0.15, 0.2) is 6.20 Å². The second kappa shape index (κ2) is 4.16. The first-order valence-corrected chi connectivity index (χ1v) is 3.44. The van der Waals surface area contributed by atoms with E-state index in [2.05, 4.69) is 24.3 Å². The Morgan fingerprint density at radius 2 is 2.33 bits per heavy atom. The van der Waals surface area contributed by atoms with E-state index in [4.69, 9.17) is 0 Å². The van der Waals surface area contributed by atoms with E-state index in [0.717, 1.165) is 0 Å². The maximum absolute atomic E-state index is 3.84. The number of rotatable bonds is 1. The molecule has 1 rings (SSSR count). The van der Waals surface area contributed by atoms with E-state index >= 15 is 0 Å². The maximum atomic E-state index is 3.84. The molecule has 3 heteroatoms. The molecule has 0 N–H and O–H groups in total. The van der Waals surface area contributed by atoms with Crippen molar-refractivity contribution in [2.45, 2.75) is 19.8 Å². The predicted molar refractivity (Wildman–Crippen MR) is 35.0 cm³/mol. The molecule has 0 fully saturated rings. The molecular formula is C6H8NReS-. The van der Waals surface area contributed by atoms with Crippen molar-refractivity contribution >= 4 is 11.3 Å². The quantitative estimate of drug-likeness (QED) is 0.724. The summed E-state index contributed by atoms with van der Waals surface area (Å²) in [6.07, 6.45) is 1.87. The van der Waals surface area contributed by atoms with Crippen LogP contribution in [0.5, 0.6) is 0 Å². The van der Waals surface area contributed by atoms with E-state index in [9.17, 15) is 0 Å². The van der Waals surface area contributed by atoms with Gasteiger partial charge in [-0.25, -0.2) is 0 Å². The van der Waals surface area contributed by atoms with Gasteiger partial charge < -0.3 is 4.98 Å². The predicted octanol–water partition coefficient (Wildman–Crippen LogP) is 2.06. The van der Waals surface area contributed by atoms with Crippen molar-refractivity contribution in [1.82, 2.24) is 4.98 Å². The van der Waals surface area contributed by atoms with Crippen molar-refractivity contribution in [1.29, 1.82) is 0 Å².